The highest BCUT2D eigenvalue weighted by molar-refractivity contribution is 5.09. The van der Waals surface area contributed by atoms with Crippen LogP contribution in [-0.4, -0.2) is 29.5 Å². The van der Waals surface area contributed by atoms with E-state index in [0.717, 1.165) is 19.0 Å². The lowest BCUT2D eigenvalue weighted by atomic mass is 10.00. The van der Waals surface area contributed by atoms with Gasteiger partial charge in [0.15, 0.2) is 0 Å². The molecule has 1 aromatic rings. The quantitative estimate of drug-likeness (QED) is 0.846. The molecule has 0 saturated heterocycles. The van der Waals surface area contributed by atoms with Gasteiger partial charge in [-0.15, -0.1) is 0 Å². The van der Waals surface area contributed by atoms with Gasteiger partial charge in [-0.05, 0) is 56.5 Å². The summed E-state index contributed by atoms with van der Waals surface area (Å²) in [6.45, 7) is 2.14. The van der Waals surface area contributed by atoms with Gasteiger partial charge in [-0.1, -0.05) is 6.42 Å². The molecule has 0 radical (unpaired) electrons. The molecule has 2 N–H and O–H groups in total. The molecule has 3 heteroatoms. The molecule has 3 nitrogen and oxygen atoms in total. The first-order valence-electron chi connectivity index (χ1n) is 6.59. The summed E-state index contributed by atoms with van der Waals surface area (Å²) < 4.78 is 0. The molecule has 17 heavy (non-hydrogen) atoms. The SMILES string of the molecule is CN(CCC1CCCC1N)Cc1ccncc1. The van der Waals surface area contributed by atoms with E-state index in [1.807, 2.05) is 12.4 Å². The topological polar surface area (TPSA) is 42.1 Å². The van der Waals surface area contributed by atoms with Gasteiger partial charge in [-0.25, -0.2) is 0 Å². The first-order chi connectivity index (χ1) is 8.25. The lowest BCUT2D eigenvalue weighted by molar-refractivity contribution is 0.286. The fourth-order valence-electron chi connectivity index (χ4n) is 2.69. The molecule has 1 saturated carbocycles. The van der Waals surface area contributed by atoms with E-state index >= 15 is 0 Å². The van der Waals surface area contributed by atoms with Crippen LogP contribution >= 0.6 is 0 Å². The zero-order chi connectivity index (χ0) is 12.1. The van der Waals surface area contributed by atoms with Crippen molar-refractivity contribution in [3.63, 3.8) is 0 Å². The molecule has 2 rings (SSSR count). The average molecular weight is 233 g/mol. The van der Waals surface area contributed by atoms with Crippen LogP contribution in [0.4, 0.5) is 0 Å². The Bertz CT molecular complexity index is 325. The Morgan fingerprint density at radius 2 is 2.12 bits per heavy atom. The van der Waals surface area contributed by atoms with Gasteiger partial charge < -0.3 is 10.6 Å². The van der Waals surface area contributed by atoms with Gasteiger partial charge in [0.05, 0.1) is 0 Å². The first kappa shape index (κ1) is 12.5. The van der Waals surface area contributed by atoms with E-state index in [1.54, 1.807) is 0 Å². The van der Waals surface area contributed by atoms with Crippen LogP contribution in [0.25, 0.3) is 0 Å². The first-order valence-corrected chi connectivity index (χ1v) is 6.59. The summed E-state index contributed by atoms with van der Waals surface area (Å²) in [6, 6.07) is 4.61. The van der Waals surface area contributed by atoms with Crippen molar-refractivity contribution in [1.29, 1.82) is 0 Å². The Morgan fingerprint density at radius 3 is 2.76 bits per heavy atom. The molecule has 1 aliphatic rings. The van der Waals surface area contributed by atoms with E-state index in [4.69, 9.17) is 5.73 Å². The molecular formula is C14H23N3. The van der Waals surface area contributed by atoms with Crippen LogP contribution < -0.4 is 5.73 Å². The van der Waals surface area contributed by atoms with Crippen LogP contribution in [0, 0.1) is 5.92 Å². The van der Waals surface area contributed by atoms with Crippen molar-refractivity contribution in [2.75, 3.05) is 13.6 Å². The molecule has 0 aromatic carbocycles. The predicted molar refractivity (Wildman–Crippen MR) is 70.5 cm³/mol. The number of nitrogens with zero attached hydrogens (tertiary/aromatic N) is 2. The monoisotopic (exact) mass is 233 g/mol. The second-order valence-electron chi connectivity index (χ2n) is 5.24. The summed E-state index contributed by atoms with van der Waals surface area (Å²) in [4.78, 5) is 6.41. The lowest BCUT2D eigenvalue weighted by Gasteiger charge is -2.21. The summed E-state index contributed by atoms with van der Waals surface area (Å²) in [6.07, 6.45) is 8.82. The highest BCUT2D eigenvalue weighted by Crippen LogP contribution is 2.26. The lowest BCUT2D eigenvalue weighted by Crippen LogP contribution is -2.28. The van der Waals surface area contributed by atoms with Crippen LogP contribution in [0.2, 0.25) is 0 Å². The van der Waals surface area contributed by atoms with Crippen molar-refractivity contribution >= 4 is 0 Å². The van der Waals surface area contributed by atoms with Crippen molar-refractivity contribution in [1.82, 2.24) is 9.88 Å². The smallest absolute Gasteiger partial charge is 0.0271 e. The molecule has 1 aliphatic carbocycles. The minimum absolute atomic E-state index is 0.448. The molecule has 1 heterocycles. The third-order valence-electron chi connectivity index (χ3n) is 3.80. The highest BCUT2D eigenvalue weighted by Gasteiger charge is 2.23. The Labute approximate surface area is 104 Å². The van der Waals surface area contributed by atoms with Gasteiger partial charge in [-0.2, -0.15) is 0 Å². The van der Waals surface area contributed by atoms with Crippen molar-refractivity contribution in [2.24, 2.45) is 11.7 Å². The van der Waals surface area contributed by atoms with Crippen molar-refractivity contribution in [3.05, 3.63) is 30.1 Å². The largest absolute Gasteiger partial charge is 0.327 e. The van der Waals surface area contributed by atoms with Crippen LogP contribution in [0.1, 0.15) is 31.2 Å². The molecule has 0 aliphatic heterocycles. The summed E-state index contributed by atoms with van der Waals surface area (Å²) in [5.41, 5.74) is 7.42. The van der Waals surface area contributed by atoms with Crippen LogP contribution in [-0.2, 0) is 6.54 Å². The molecular weight excluding hydrogens is 210 g/mol. The number of pyridine rings is 1. The molecule has 2 atom stereocenters. The summed E-state index contributed by atoms with van der Waals surface area (Å²) in [5.74, 6) is 0.745. The van der Waals surface area contributed by atoms with E-state index in [1.165, 1.54) is 31.2 Å². The van der Waals surface area contributed by atoms with Crippen LogP contribution in [0.15, 0.2) is 24.5 Å². The molecule has 0 bridgehead atoms. The van der Waals surface area contributed by atoms with Crippen LogP contribution in [0.5, 0.6) is 0 Å². The normalized spacial score (nSPS) is 24.4. The fraction of sp³-hybridized carbons (Fsp3) is 0.643. The van der Waals surface area contributed by atoms with Crippen LogP contribution in [0.3, 0.4) is 0 Å². The van der Waals surface area contributed by atoms with Gasteiger partial charge in [0.25, 0.3) is 0 Å². The van der Waals surface area contributed by atoms with Gasteiger partial charge >= 0.3 is 0 Å². The Balaban J connectivity index is 1.72. The van der Waals surface area contributed by atoms with Crippen molar-refractivity contribution < 1.29 is 0 Å². The predicted octanol–water partition coefficient (Wildman–Crippen LogP) is 2.03. The van der Waals surface area contributed by atoms with Gasteiger partial charge in [0, 0.05) is 25.0 Å². The Morgan fingerprint density at radius 1 is 1.35 bits per heavy atom. The summed E-state index contributed by atoms with van der Waals surface area (Å²) >= 11 is 0. The third kappa shape index (κ3) is 3.79. The van der Waals surface area contributed by atoms with E-state index < -0.39 is 0 Å². The zero-order valence-electron chi connectivity index (χ0n) is 10.7. The number of rotatable bonds is 5. The Kier molecular flexibility index (Phi) is 4.51. The number of nitrogens with two attached hydrogens (primary N) is 1. The van der Waals surface area contributed by atoms with E-state index in [9.17, 15) is 0 Å². The number of aromatic nitrogens is 1. The fourth-order valence-corrected chi connectivity index (χ4v) is 2.69. The van der Waals surface area contributed by atoms with Crippen molar-refractivity contribution in [3.8, 4) is 0 Å². The average Bonchev–Trinajstić information content (AvgIpc) is 2.74. The van der Waals surface area contributed by atoms with Gasteiger partial charge in [0.2, 0.25) is 0 Å². The standard InChI is InChI=1S/C14H23N3/c1-17(11-12-5-8-16-9-6-12)10-7-13-3-2-4-14(13)15/h5-6,8-9,13-14H,2-4,7,10-11,15H2,1H3. The van der Waals surface area contributed by atoms with Gasteiger partial charge in [0.1, 0.15) is 0 Å². The second-order valence-corrected chi connectivity index (χ2v) is 5.24. The van der Waals surface area contributed by atoms with E-state index in [0.29, 0.717) is 6.04 Å². The van der Waals surface area contributed by atoms with Crippen molar-refractivity contribution in [2.45, 2.75) is 38.3 Å². The maximum atomic E-state index is 6.09. The molecule has 0 amide bonds. The third-order valence-corrected chi connectivity index (χ3v) is 3.80. The maximum absolute atomic E-state index is 6.09. The molecule has 1 aromatic heterocycles. The van der Waals surface area contributed by atoms with Gasteiger partial charge in [-0.3, -0.25) is 4.98 Å². The summed E-state index contributed by atoms with van der Waals surface area (Å²) in [7, 11) is 2.18. The molecule has 2 unspecified atom stereocenters. The molecule has 94 valence electrons. The maximum Gasteiger partial charge on any atom is 0.0271 e. The minimum atomic E-state index is 0.448. The molecule has 1 fully saturated rings. The van der Waals surface area contributed by atoms with E-state index in [-0.39, 0.29) is 0 Å². The highest BCUT2D eigenvalue weighted by atomic mass is 15.1. The Hall–Kier alpha value is -0.930. The molecule has 0 spiro atoms. The summed E-state index contributed by atoms with van der Waals surface area (Å²) in [5, 5.41) is 0. The number of hydrogen-bond donors (Lipinski definition) is 1. The minimum Gasteiger partial charge on any atom is -0.327 e. The zero-order valence-corrected chi connectivity index (χ0v) is 10.7. The van der Waals surface area contributed by atoms with E-state index in [2.05, 4.69) is 29.1 Å². The second kappa shape index (κ2) is 6.12. The number of hydrogen-bond acceptors (Lipinski definition) is 3.